The molecule has 0 amide bonds. The molecule has 2 atom stereocenters. The van der Waals surface area contributed by atoms with Crippen molar-refractivity contribution in [1.29, 1.82) is 0 Å². The predicted molar refractivity (Wildman–Crippen MR) is 73.3 cm³/mol. The third-order valence-corrected chi connectivity index (χ3v) is 5.36. The van der Waals surface area contributed by atoms with Crippen LogP contribution < -0.4 is 4.72 Å². The molecule has 100 valence electrons. The van der Waals surface area contributed by atoms with E-state index in [4.69, 9.17) is 11.6 Å². The SMILES string of the molecule is Cc1cc(Cl)ccc1S(=O)(=O)NC1CCC(C)C1. The average Bonchev–Trinajstić information content (AvgIpc) is 2.62. The second-order valence-electron chi connectivity index (χ2n) is 5.15. The Labute approximate surface area is 114 Å². The molecule has 0 heterocycles. The van der Waals surface area contributed by atoms with E-state index < -0.39 is 10.0 Å². The second-order valence-corrected chi connectivity index (χ2v) is 7.27. The van der Waals surface area contributed by atoms with Crippen LogP contribution >= 0.6 is 11.6 Å². The molecule has 0 radical (unpaired) electrons. The minimum absolute atomic E-state index is 0.0695. The van der Waals surface area contributed by atoms with Crippen molar-refractivity contribution in [3.8, 4) is 0 Å². The minimum atomic E-state index is -3.42. The van der Waals surface area contributed by atoms with E-state index in [1.807, 2.05) is 0 Å². The van der Waals surface area contributed by atoms with Crippen LogP contribution in [0.1, 0.15) is 31.7 Å². The number of hydrogen-bond donors (Lipinski definition) is 1. The topological polar surface area (TPSA) is 46.2 Å². The van der Waals surface area contributed by atoms with Crippen molar-refractivity contribution in [3.05, 3.63) is 28.8 Å². The second kappa shape index (κ2) is 5.19. The summed E-state index contributed by atoms with van der Waals surface area (Å²) in [6.45, 7) is 3.92. The van der Waals surface area contributed by atoms with Crippen molar-refractivity contribution >= 4 is 21.6 Å². The van der Waals surface area contributed by atoms with Gasteiger partial charge in [-0.05, 0) is 55.9 Å². The van der Waals surface area contributed by atoms with Gasteiger partial charge < -0.3 is 0 Å². The third kappa shape index (κ3) is 3.05. The standard InChI is InChI=1S/C13H18ClNO2S/c1-9-3-5-12(7-9)15-18(16,17)13-6-4-11(14)8-10(13)2/h4,6,8-9,12,15H,3,5,7H2,1-2H3. The highest BCUT2D eigenvalue weighted by atomic mass is 35.5. The van der Waals surface area contributed by atoms with Crippen LogP contribution in [0.3, 0.4) is 0 Å². The summed E-state index contributed by atoms with van der Waals surface area (Å²) < 4.78 is 27.3. The van der Waals surface area contributed by atoms with E-state index in [0.717, 1.165) is 19.3 Å². The zero-order valence-electron chi connectivity index (χ0n) is 10.6. The third-order valence-electron chi connectivity index (χ3n) is 3.44. The van der Waals surface area contributed by atoms with Gasteiger partial charge in [0.25, 0.3) is 0 Å². The summed E-state index contributed by atoms with van der Waals surface area (Å²) >= 11 is 5.84. The van der Waals surface area contributed by atoms with E-state index >= 15 is 0 Å². The molecule has 2 rings (SSSR count). The Morgan fingerprint density at radius 2 is 2.06 bits per heavy atom. The molecular weight excluding hydrogens is 270 g/mol. The first-order valence-electron chi connectivity index (χ1n) is 6.17. The highest BCUT2D eigenvalue weighted by Gasteiger charge is 2.27. The van der Waals surface area contributed by atoms with Gasteiger partial charge in [0.1, 0.15) is 0 Å². The summed E-state index contributed by atoms with van der Waals surface area (Å²) in [6, 6.07) is 4.92. The summed E-state index contributed by atoms with van der Waals surface area (Å²) in [4.78, 5) is 0.325. The van der Waals surface area contributed by atoms with E-state index in [1.165, 1.54) is 0 Å². The molecule has 0 aromatic heterocycles. The maximum Gasteiger partial charge on any atom is 0.241 e. The number of benzene rings is 1. The van der Waals surface area contributed by atoms with Crippen LogP contribution in [0.2, 0.25) is 5.02 Å². The molecule has 2 unspecified atom stereocenters. The van der Waals surface area contributed by atoms with Crippen LogP contribution in [-0.2, 0) is 10.0 Å². The van der Waals surface area contributed by atoms with Crippen LogP contribution in [0, 0.1) is 12.8 Å². The van der Waals surface area contributed by atoms with E-state index in [2.05, 4.69) is 11.6 Å². The molecule has 1 saturated carbocycles. The maximum absolute atomic E-state index is 12.3. The van der Waals surface area contributed by atoms with Gasteiger partial charge in [0, 0.05) is 11.1 Å². The largest absolute Gasteiger partial charge is 0.241 e. The lowest BCUT2D eigenvalue weighted by atomic mass is 10.1. The van der Waals surface area contributed by atoms with E-state index in [0.29, 0.717) is 21.4 Å². The number of hydrogen-bond acceptors (Lipinski definition) is 2. The molecule has 3 nitrogen and oxygen atoms in total. The molecule has 1 N–H and O–H groups in total. The predicted octanol–water partition coefficient (Wildman–Crippen LogP) is 3.12. The molecule has 0 aliphatic heterocycles. The van der Waals surface area contributed by atoms with Crippen LogP contribution in [0.25, 0.3) is 0 Å². The van der Waals surface area contributed by atoms with Gasteiger partial charge in [-0.25, -0.2) is 13.1 Å². The summed E-state index contributed by atoms with van der Waals surface area (Å²) in [6.07, 6.45) is 2.94. The van der Waals surface area contributed by atoms with Crippen molar-refractivity contribution in [3.63, 3.8) is 0 Å². The lowest BCUT2D eigenvalue weighted by molar-refractivity contribution is 0.538. The fourth-order valence-electron chi connectivity index (χ4n) is 2.51. The first-order chi connectivity index (χ1) is 8.38. The summed E-state index contributed by atoms with van der Waals surface area (Å²) in [7, 11) is -3.42. The Morgan fingerprint density at radius 1 is 1.33 bits per heavy atom. The van der Waals surface area contributed by atoms with E-state index in [9.17, 15) is 8.42 Å². The summed E-state index contributed by atoms with van der Waals surface area (Å²) in [5.41, 5.74) is 0.682. The fraction of sp³-hybridized carbons (Fsp3) is 0.538. The average molecular weight is 288 g/mol. The van der Waals surface area contributed by atoms with Gasteiger partial charge in [0.05, 0.1) is 4.90 Å². The molecule has 0 saturated heterocycles. The lowest BCUT2D eigenvalue weighted by Crippen LogP contribution is -2.33. The monoisotopic (exact) mass is 287 g/mol. The van der Waals surface area contributed by atoms with Crippen LogP contribution in [0.15, 0.2) is 23.1 Å². The van der Waals surface area contributed by atoms with Gasteiger partial charge in [-0.15, -0.1) is 0 Å². The van der Waals surface area contributed by atoms with Gasteiger partial charge in [-0.2, -0.15) is 0 Å². The Morgan fingerprint density at radius 3 is 2.61 bits per heavy atom. The first kappa shape index (κ1) is 13.8. The van der Waals surface area contributed by atoms with Crippen molar-refractivity contribution in [2.75, 3.05) is 0 Å². The molecule has 0 spiro atoms. The molecular formula is C13H18ClNO2S. The summed E-state index contributed by atoms with van der Waals surface area (Å²) in [5.74, 6) is 0.601. The maximum atomic E-state index is 12.3. The Balaban J connectivity index is 2.20. The zero-order valence-corrected chi connectivity index (χ0v) is 12.2. The molecule has 1 aliphatic carbocycles. The molecule has 5 heteroatoms. The molecule has 0 bridgehead atoms. The van der Waals surface area contributed by atoms with Gasteiger partial charge in [0.15, 0.2) is 0 Å². The Bertz CT molecular complexity index is 542. The number of halogens is 1. The number of sulfonamides is 1. The van der Waals surface area contributed by atoms with Crippen LogP contribution in [-0.4, -0.2) is 14.5 Å². The van der Waals surface area contributed by atoms with Gasteiger partial charge in [-0.3, -0.25) is 0 Å². The normalized spacial score (nSPS) is 24.4. The zero-order chi connectivity index (χ0) is 13.3. The van der Waals surface area contributed by atoms with E-state index in [-0.39, 0.29) is 6.04 Å². The minimum Gasteiger partial charge on any atom is -0.208 e. The highest BCUT2D eigenvalue weighted by molar-refractivity contribution is 7.89. The van der Waals surface area contributed by atoms with Gasteiger partial charge >= 0.3 is 0 Å². The fourth-order valence-corrected chi connectivity index (χ4v) is 4.25. The van der Waals surface area contributed by atoms with Crippen molar-refractivity contribution in [2.45, 2.75) is 44.0 Å². The van der Waals surface area contributed by atoms with Gasteiger partial charge in [0.2, 0.25) is 10.0 Å². The first-order valence-corrected chi connectivity index (χ1v) is 8.03. The highest BCUT2D eigenvalue weighted by Crippen LogP contribution is 2.27. The molecule has 1 aliphatic rings. The Hall–Kier alpha value is -0.580. The molecule has 1 aromatic carbocycles. The van der Waals surface area contributed by atoms with Crippen LogP contribution in [0.4, 0.5) is 0 Å². The van der Waals surface area contributed by atoms with Crippen LogP contribution in [0.5, 0.6) is 0 Å². The van der Waals surface area contributed by atoms with Crippen molar-refractivity contribution < 1.29 is 8.42 Å². The Kier molecular flexibility index (Phi) is 3.99. The smallest absolute Gasteiger partial charge is 0.208 e. The van der Waals surface area contributed by atoms with Crippen molar-refractivity contribution in [2.24, 2.45) is 5.92 Å². The molecule has 18 heavy (non-hydrogen) atoms. The quantitative estimate of drug-likeness (QED) is 0.928. The van der Waals surface area contributed by atoms with Crippen molar-refractivity contribution in [1.82, 2.24) is 4.72 Å². The number of aryl methyl sites for hydroxylation is 1. The summed E-state index contributed by atoms with van der Waals surface area (Å²) in [5, 5.41) is 0.556. The molecule has 1 fully saturated rings. The van der Waals surface area contributed by atoms with E-state index in [1.54, 1.807) is 25.1 Å². The van der Waals surface area contributed by atoms with Gasteiger partial charge in [-0.1, -0.05) is 18.5 Å². The molecule has 1 aromatic rings. The number of rotatable bonds is 3. The lowest BCUT2D eigenvalue weighted by Gasteiger charge is -2.14. The number of nitrogens with one attached hydrogen (secondary N) is 1.